The smallest absolute Gasteiger partial charge is 0.314 e. The van der Waals surface area contributed by atoms with E-state index in [1.54, 1.807) is 24.3 Å². The molecule has 0 aromatic heterocycles. The van der Waals surface area contributed by atoms with Crippen LogP contribution in [0.25, 0.3) is 0 Å². The van der Waals surface area contributed by atoms with Gasteiger partial charge in [-0.15, -0.1) is 0 Å². The van der Waals surface area contributed by atoms with E-state index >= 15 is 0 Å². The standard InChI is InChI=1S/C15H22ClN3O3/c1-11(2)19-14(20)6-7-17-15(21)18-8-9-22-13-5-3-4-12(16)10-13/h3-5,10-11H,6-9H2,1-2H3,(H,19,20)(H2,17,18,21). The minimum atomic E-state index is -0.327. The Labute approximate surface area is 135 Å². The zero-order chi connectivity index (χ0) is 16.4. The molecule has 1 aromatic carbocycles. The second-order valence-electron chi connectivity index (χ2n) is 4.96. The van der Waals surface area contributed by atoms with Crippen molar-refractivity contribution >= 4 is 23.5 Å². The number of carbonyl (C=O) groups is 2. The van der Waals surface area contributed by atoms with E-state index in [1.807, 2.05) is 13.8 Å². The highest BCUT2D eigenvalue weighted by Crippen LogP contribution is 2.16. The van der Waals surface area contributed by atoms with Crippen molar-refractivity contribution in [3.8, 4) is 5.75 Å². The minimum Gasteiger partial charge on any atom is -0.492 e. The number of nitrogens with one attached hydrogen (secondary N) is 3. The van der Waals surface area contributed by atoms with Gasteiger partial charge in [-0.2, -0.15) is 0 Å². The minimum absolute atomic E-state index is 0.0837. The van der Waals surface area contributed by atoms with Crippen molar-refractivity contribution in [2.75, 3.05) is 19.7 Å². The van der Waals surface area contributed by atoms with Crippen molar-refractivity contribution < 1.29 is 14.3 Å². The Bertz CT molecular complexity index is 495. The van der Waals surface area contributed by atoms with Crippen LogP contribution in [-0.2, 0) is 4.79 Å². The number of halogens is 1. The van der Waals surface area contributed by atoms with Crippen LogP contribution in [-0.4, -0.2) is 37.7 Å². The summed E-state index contributed by atoms with van der Waals surface area (Å²) in [6, 6.07) is 6.82. The van der Waals surface area contributed by atoms with Crippen LogP contribution in [0, 0.1) is 0 Å². The number of hydrogen-bond acceptors (Lipinski definition) is 3. The van der Waals surface area contributed by atoms with Gasteiger partial charge >= 0.3 is 6.03 Å². The van der Waals surface area contributed by atoms with Crippen molar-refractivity contribution in [2.24, 2.45) is 0 Å². The number of urea groups is 1. The van der Waals surface area contributed by atoms with E-state index < -0.39 is 0 Å². The Hall–Kier alpha value is -1.95. The Morgan fingerprint density at radius 1 is 1.23 bits per heavy atom. The lowest BCUT2D eigenvalue weighted by Crippen LogP contribution is -2.40. The summed E-state index contributed by atoms with van der Waals surface area (Å²) in [5, 5.41) is 8.60. The molecular formula is C15H22ClN3O3. The molecule has 6 nitrogen and oxygen atoms in total. The summed E-state index contributed by atoms with van der Waals surface area (Å²) in [7, 11) is 0. The fraction of sp³-hybridized carbons (Fsp3) is 0.467. The van der Waals surface area contributed by atoms with Gasteiger partial charge in [-0.1, -0.05) is 17.7 Å². The molecule has 0 aliphatic heterocycles. The molecule has 122 valence electrons. The molecule has 7 heteroatoms. The summed E-state index contributed by atoms with van der Waals surface area (Å²) in [6.07, 6.45) is 0.255. The molecule has 1 aromatic rings. The second-order valence-corrected chi connectivity index (χ2v) is 5.40. The van der Waals surface area contributed by atoms with Crippen LogP contribution in [0.3, 0.4) is 0 Å². The van der Waals surface area contributed by atoms with Gasteiger partial charge in [0.05, 0.1) is 6.54 Å². The topological polar surface area (TPSA) is 79.5 Å². The largest absolute Gasteiger partial charge is 0.492 e. The third-order valence-corrected chi connectivity index (χ3v) is 2.77. The third kappa shape index (κ3) is 8.36. The van der Waals surface area contributed by atoms with Crippen molar-refractivity contribution in [3.63, 3.8) is 0 Å². The first-order valence-corrected chi connectivity index (χ1v) is 7.54. The summed E-state index contributed by atoms with van der Waals surface area (Å²) >= 11 is 5.83. The van der Waals surface area contributed by atoms with Gasteiger partial charge in [-0.3, -0.25) is 4.79 Å². The van der Waals surface area contributed by atoms with Crippen LogP contribution >= 0.6 is 11.6 Å². The number of rotatable bonds is 8. The van der Waals surface area contributed by atoms with Crippen LogP contribution in [0.15, 0.2) is 24.3 Å². The maximum absolute atomic E-state index is 11.5. The van der Waals surface area contributed by atoms with Crippen molar-refractivity contribution in [1.82, 2.24) is 16.0 Å². The van der Waals surface area contributed by atoms with E-state index in [0.29, 0.717) is 30.5 Å². The summed E-state index contributed by atoms with van der Waals surface area (Å²) < 4.78 is 5.43. The number of benzene rings is 1. The SMILES string of the molecule is CC(C)NC(=O)CCNC(=O)NCCOc1cccc(Cl)c1. The summed E-state index contributed by atoms with van der Waals surface area (Å²) in [6.45, 7) is 4.76. The molecule has 0 saturated heterocycles. The quantitative estimate of drug-likeness (QED) is 0.638. The van der Waals surface area contributed by atoms with Crippen LogP contribution in [0.4, 0.5) is 4.79 Å². The molecule has 0 atom stereocenters. The van der Waals surface area contributed by atoms with Crippen LogP contribution in [0.2, 0.25) is 5.02 Å². The van der Waals surface area contributed by atoms with Crippen molar-refractivity contribution in [1.29, 1.82) is 0 Å². The lowest BCUT2D eigenvalue weighted by atomic mass is 10.3. The highest BCUT2D eigenvalue weighted by molar-refractivity contribution is 6.30. The van der Waals surface area contributed by atoms with Gasteiger partial charge in [-0.25, -0.2) is 4.79 Å². The molecule has 0 saturated carbocycles. The molecule has 0 spiro atoms. The Morgan fingerprint density at radius 2 is 1.95 bits per heavy atom. The van der Waals surface area contributed by atoms with Crippen molar-refractivity contribution in [2.45, 2.75) is 26.3 Å². The molecular weight excluding hydrogens is 306 g/mol. The predicted octanol–water partition coefficient (Wildman–Crippen LogP) is 1.93. The third-order valence-electron chi connectivity index (χ3n) is 2.54. The molecule has 3 amide bonds. The summed E-state index contributed by atoms with van der Waals surface area (Å²) in [4.78, 5) is 22.8. The van der Waals surface area contributed by atoms with Gasteiger partial charge < -0.3 is 20.7 Å². The molecule has 0 bridgehead atoms. The maximum Gasteiger partial charge on any atom is 0.314 e. The van der Waals surface area contributed by atoms with E-state index in [9.17, 15) is 9.59 Å². The first-order chi connectivity index (χ1) is 10.5. The summed E-state index contributed by atoms with van der Waals surface area (Å²) in [5.74, 6) is 0.569. The molecule has 0 radical (unpaired) electrons. The average molecular weight is 328 g/mol. The Kier molecular flexibility index (Phi) is 8.14. The maximum atomic E-state index is 11.5. The zero-order valence-corrected chi connectivity index (χ0v) is 13.6. The summed E-state index contributed by atoms with van der Waals surface area (Å²) in [5.41, 5.74) is 0. The second kappa shape index (κ2) is 9.89. The first kappa shape index (κ1) is 18.1. The molecule has 0 aliphatic rings. The predicted molar refractivity (Wildman–Crippen MR) is 86.2 cm³/mol. The van der Waals surface area contributed by atoms with Crippen LogP contribution < -0.4 is 20.7 Å². The van der Waals surface area contributed by atoms with Gasteiger partial charge in [-0.05, 0) is 32.0 Å². The number of hydrogen-bond donors (Lipinski definition) is 3. The van der Waals surface area contributed by atoms with E-state index in [4.69, 9.17) is 16.3 Å². The normalized spacial score (nSPS) is 10.2. The highest BCUT2D eigenvalue weighted by atomic mass is 35.5. The molecule has 0 aliphatic carbocycles. The molecule has 1 rings (SSSR count). The molecule has 0 fully saturated rings. The molecule has 3 N–H and O–H groups in total. The van der Waals surface area contributed by atoms with Gasteiger partial charge in [0.15, 0.2) is 0 Å². The fourth-order valence-electron chi connectivity index (χ4n) is 1.64. The Balaban J connectivity index is 2.07. The number of ether oxygens (including phenoxy) is 1. The average Bonchev–Trinajstić information content (AvgIpc) is 2.43. The van der Waals surface area contributed by atoms with Crippen LogP contribution in [0.1, 0.15) is 20.3 Å². The van der Waals surface area contributed by atoms with Crippen LogP contribution in [0.5, 0.6) is 5.75 Å². The fourth-order valence-corrected chi connectivity index (χ4v) is 1.82. The van der Waals surface area contributed by atoms with Gasteiger partial charge in [0, 0.05) is 24.0 Å². The number of carbonyl (C=O) groups excluding carboxylic acids is 2. The van der Waals surface area contributed by atoms with Gasteiger partial charge in [0.25, 0.3) is 0 Å². The lowest BCUT2D eigenvalue weighted by Gasteiger charge is -2.10. The molecule has 22 heavy (non-hydrogen) atoms. The zero-order valence-electron chi connectivity index (χ0n) is 12.8. The van der Waals surface area contributed by atoms with Crippen molar-refractivity contribution in [3.05, 3.63) is 29.3 Å². The first-order valence-electron chi connectivity index (χ1n) is 7.17. The molecule has 0 unspecified atom stereocenters. The van der Waals surface area contributed by atoms with E-state index in [-0.39, 0.29) is 24.4 Å². The van der Waals surface area contributed by atoms with E-state index in [2.05, 4.69) is 16.0 Å². The van der Waals surface area contributed by atoms with Gasteiger partial charge in [0.2, 0.25) is 5.91 Å². The highest BCUT2D eigenvalue weighted by Gasteiger charge is 2.04. The Morgan fingerprint density at radius 3 is 2.64 bits per heavy atom. The lowest BCUT2D eigenvalue weighted by molar-refractivity contribution is -0.121. The molecule has 0 heterocycles. The number of amides is 3. The van der Waals surface area contributed by atoms with Gasteiger partial charge in [0.1, 0.15) is 12.4 Å². The monoisotopic (exact) mass is 327 g/mol. The van der Waals surface area contributed by atoms with E-state index in [0.717, 1.165) is 0 Å². The van der Waals surface area contributed by atoms with E-state index in [1.165, 1.54) is 0 Å².